The first-order valence-electron chi connectivity index (χ1n) is 7.07. The molecular weight excluding hydrogens is 242 g/mol. The van der Waals surface area contributed by atoms with Crippen LogP contribution in [0.3, 0.4) is 0 Å². The van der Waals surface area contributed by atoms with Gasteiger partial charge in [0.1, 0.15) is 0 Å². The summed E-state index contributed by atoms with van der Waals surface area (Å²) in [4.78, 5) is 8.47. The SMILES string of the molecule is CCCN1CCC(NCc2sc(C)nc2C)CC1. The molecule has 0 radical (unpaired) electrons. The van der Waals surface area contributed by atoms with Crippen LogP contribution in [0.4, 0.5) is 0 Å². The largest absolute Gasteiger partial charge is 0.309 e. The minimum atomic E-state index is 0.694. The highest BCUT2D eigenvalue weighted by Gasteiger charge is 2.18. The molecule has 0 amide bonds. The van der Waals surface area contributed by atoms with Gasteiger partial charge in [-0.2, -0.15) is 0 Å². The van der Waals surface area contributed by atoms with E-state index in [1.165, 1.54) is 54.5 Å². The quantitative estimate of drug-likeness (QED) is 0.889. The average molecular weight is 267 g/mol. The Hall–Kier alpha value is -0.450. The van der Waals surface area contributed by atoms with E-state index < -0.39 is 0 Å². The van der Waals surface area contributed by atoms with Gasteiger partial charge in [0.2, 0.25) is 0 Å². The van der Waals surface area contributed by atoms with Crippen molar-refractivity contribution in [1.29, 1.82) is 0 Å². The Balaban J connectivity index is 1.74. The van der Waals surface area contributed by atoms with Crippen molar-refractivity contribution in [2.75, 3.05) is 19.6 Å². The lowest BCUT2D eigenvalue weighted by atomic mass is 10.0. The number of aryl methyl sites for hydroxylation is 2. The van der Waals surface area contributed by atoms with E-state index in [0.717, 1.165) is 6.54 Å². The molecule has 0 atom stereocenters. The second-order valence-corrected chi connectivity index (χ2v) is 6.53. The van der Waals surface area contributed by atoms with Gasteiger partial charge in [0.05, 0.1) is 10.7 Å². The van der Waals surface area contributed by atoms with Crippen LogP contribution in [0.15, 0.2) is 0 Å². The van der Waals surface area contributed by atoms with Gasteiger partial charge in [-0.05, 0) is 52.7 Å². The van der Waals surface area contributed by atoms with Crippen molar-refractivity contribution in [3.8, 4) is 0 Å². The predicted octanol–water partition coefficient (Wildman–Crippen LogP) is 2.72. The molecule has 1 saturated heterocycles. The zero-order valence-corrected chi connectivity index (χ0v) is 12.6. The molecule has 102 valence electrons. The lowest BCUT2D eigenvalue weighted by Gasteiger charge is -2.32. The monoisotopic (exact) mass is 267 g/mol. The van der Waals surface area contributed by atoms with Gasteiger partial charge < -0.3 is 10.2 Å². The maximum Gasteiger partial charge on any atom is 0.0900 e. The summed E-state index contributed by atoms with van der Waals surface area (Å²) in [6.45, 7) is 11.2. The Bertz CT molecular complexity index is 367. The van der Waals surface area contributed by atoms with Crippen LogP contribution in [-0.2, 0) is 6.54 Å². The molecule has 3 nitrogen and oxygen atoms in total. The maximum absolute atomic E-state index is 4.48. The van der Waals surface area contributed by atoms with Crippen LogP contribution in [-0.4, -0.2) is 35.6 Å². The van der Waals surface area contributed by atoms with Crippen molar-refractivity contribution in [2.45, 2.75) is 52.6 Å². The van der Waals surface area contributed by atoms with Crippen LogP contribution in [0.2, 0.25) is 0 Å². The van der Waals surface area contributed by atoms with Crippen molar-refractivity contribution in [3.05, 3.63) is 15.6 Å². The summed E-state index contributed by atoms with van der Waals surface area (Å²) in [5, 5.41) is 4.88. The summed E-state index contributed by atoms with van der Waals surface area (Å²) >= 11 is 1.83. The summed E-state index contributed by atoms with van der Waals surface area (Å²) in [5.74, 6) is 0. The van der Waals surface area contributed by atoms with Gasteiger partial charge >= 0.3 is 0 Å². The van der Waals surface area contributed by atoms with Crippen molar-refractivity contribution < 1.29 is 0 Å². The van der Waals surface area contributed by atoms with Crippen LogP contribution < -0.4 is 5.32 Å². The molecule has 1 aliphatic rings. The third-order valence-corrected chi connectivity index (χ3v) is 4.75. The second-order valence-electron chi connectivity index (χ2n) is 5.24. The number of likely N-dealkylation sites (tertiary alicyclic amines) is 1. The Labute approximate surface area is 115 Å². The predicted molar refractivity (Wildman–Crippen MR) is 78.2 cm³/mol. The molecule has 1 aromatic rings. The average Bonchev–Trinajstić information content (AvgIpc) is 2.67. The van der Waals surface area contributed by atoms with Crippen molar-refractivity contribution in [3.63, 3.8) is 0 Å². The number of hydrogen-bond donors (Lipinski definition) is 1. The van der Waals surface area contributed by atoms with Gasteiger partial charge in [-0.3, -0.25) is 0 Å². The van der Waals surface area contributed by atoms with E-state index in [4.69, 9.17) is 0 Å². The summed E-state index contributed by atoms with van der Waals surface area (Å²) < 4.78 is 0. The summed E-state index contributed by atoms with van der Waals surface area (Å²) in [6, 6.07) is 0.694. The number of hydrogen-bond acceptors (Lipinski definition) is 4. The van der Waals surface area contributed by atoms with Gasteiger partial charge in [-0.25, -0.2) is 4.98 Å². The van der Waals surface area contributed by atoms with Crippen molar-refractivity contribution in [1.82, 2.24) is 15.2 Å². The van der Waals surface area contributed by atoms with E-state index >= 15 is 0 Å². The molecule has 0 bridgehead atoms. The number of piperidine rings is 1. The molecule has 18 heavy (non-hydrogen) atoms. The number of nitrogens with one attached hydrogen (secondary N) is 1. The molecule has 1 N–H and O–H groups in total. The highest BCUT2D eigenvalue weighted by Crippen LogP contribution is 2.18. The third-order valence-electron chi connectivity index (χ3n) is 3.68. The van der Waals surface area contributed by atoms with Crippen LogP contribution in [0.5, 0.6) is 0 Å². The fourth-order valence-electron chi connectivity index (χ4n) is 2.65. The van der Waals surface area contributed by atoms with Gasteiger partial charge in [-0.1, -0.05) is 6.92 Å². The zero-order chi connectivity index (χ0) is 13.0. The van der Waals surface area contributed by atoms with E-state index in [2.05, 4.69) is 36.0 Å². The molecular formula is C14H25N3S. The zero-order valence-electron chi connectivity index (χ0n) is 11.8. The minimum absolute atomic E-state index is 0.694. The Morgan fingerprint density at radius 2 is 2.06 bits per heavy atom. The number of nitrogens with zero attached hydrogens (tertiary/aromatic N) is 2. The van der Waals surface area contributed by atoms with E-state index in [-0.39, 0.29) is 0 Å². The molecule has 2 heterocycles. The molecule has 4 heteroatoms. The van der Waals surface area contributed by atoms with Crippen molar-refractivity contribution >= 4 is 11.3 Å². The molecule has 2 rings (SSSR count). The smallest absolute Gasteiger partial charge is 0.0900 e. The number of thiazole rings is 1. The first-order valence-corrected chi connectivity index (χ1v) is 7.89. The van der Waals surface area contributed by atoms with Gasteiger partial charge in [-0.15, -0.1) is 11.3 Å². The van der Waals surface area contributed by atoms with E-state index in [9.17, 15) is 0 Å². The molecule has 0 saturated carbocycles. The minimum Gasteiger partial charge on any atom is -0.309 e. The third kappa shape index (κ3) is 3.77. The number of aromatic nitrogens is 1. The summed E-state index contributed by atoms with van der Waals surface area (Å²) in [6.07, 6.45) is 3.85. The number of rotatable bonds is 5. The van der Waals surface area contributed by atoms with E-state index in [0.29, 0.717) is 6.04 Å². The summed E-state index contributed by atoms with van der Waals surface area (Å²) in [7, 11) is 0. The molecule has 0 aliphatic carbocycles. The Morgan fingerprint density at radius 1 is 1.33 bits per heavy atom. The highest BCUT2D eigenvalue weighted by molar-refractivity contribution is 7.11. The molecule has 1 fully saturated rings. The topological polar surface area (TPSA) is 28.2 Å². The van der Waals surface area contributed by atoms with Crippen LogP contribution in [0.1, 0.15) is 41.8 Å². The highest BCUT2D eigenvalue weighted by atomic mass is 32.1. The first-order chi connectivity index (χ1) is 8.69. The van der Waals surface area contributed by atoms with Crippen LogP contribution in [0.25, 0.3) is 0 Å². The van der Waals surface area contributed by atoms with Gasteiger partial charge in [0, 0.05) is 17.5 Å². The van der Waals surface area contributed by atoms with E-state index in [1.54, 1.807) is 0 Å². The van der Waals surface area contributed by atoms with Crippen LogP contribution in [0, 0.1) is 13.8 Å². The normalized spacial score (nSPS) is 18.4. The molecule has 0 unspecified atom stereocenters. The van der Waals surface area contributed by atoms with Crippen LogP contribution >= 0.6 is 11.3 Å². The Kier molecular flexibility index (Phi) is 5.15. The first kappa shape index (κ1) is 14.0. The van der Waals surface area contributed by atoms with Crippen molar-refractivity contribution in [2.24, 2.45) is 0 Å². The lowest BCUT2D eigenvalue weighted by Crippen LogP contribution is -2.42. The fraction of sp³-hybridized carbons (Fsp3) is 0.786. The Morgan fingerprint density at radius 3 is 2.61 bits per heavy atom. The summed E-state index contributed by atoms with van der Waals surface area (Å²) in [5.41, 5.74) is 1.20. The van der Waals surface area contributed by atoms with Gasteiger partial charge in [0.25, 0.3) is 0 Å². The standard InChI is InChI=1S/C14H25N3S/c1-4-7-17-8-5-13(6-9-17)15-10-14-11(2)16-12(3)18-14/h13,15H,4-10H2,1-3H3. The second kappa shape index (κ2) is 6.64. The van der Waals surface area contributed by atoms with E-state index in [1.807, 2.05) is 11.3 Å². The maximum atomic E-state index is 4.48. The molecule has 0 spiro atoms. The lowest BCUT2D eigenvalue weighted by molar-refractivity contribution is 0.197. The molecule has 0 aromatic carbocycles. The fourth-order valence-corrected chi connectivity index (χ4v) is 3.54. The molecule has 1 aromatic heterocycles. The molecule has 1 aliphatic heterocycles. The van der Waals surface area contributed by atoms with Gasteiger partial charge in [0.15, 0.2) is 0 Å².